The quantitative estimate of drug-likeness (QED) is 0.586. The number of alkyl halides is 2. The summed E-state index contributed by atoms with van der Waals surface area (Å²) < 4.78 is 28.6. The van der Waals surface area contributed by atoms with E-state index in [2.05, 4.69) is 9.97 Å². The number of nitrogens with zero attached hydrogens (tertiary/aromatic N) is 1. The Kier molecular flexibility index (Phi) is 3.01. The molecule has 3 atom stereocenters. The van der Waals surface area contributed by atoms with Crippen LogP contribution in [0.4, 0.5) is 8.78 Å². The summed E-state index contributed by atoms with van der Waals surface area (Å²) in [6.07, 6.45) is -0.160. The fourth-order valence-electron chi connectivity index (χ4n) is 3.14. The zero-order valence-corrected chi connectivity index (χ0v) is 10.9. The highest BCUT2D eigenvalue weighted by Crippen LogP contribution is 2.54. The van der Waals surface area contributed by atoms with Crippen LogP contribution in [0.15, 0.2) is 17.2 Å². The number of aromatic nitrogens is 2. The maximum Gasteiger partial charge on any atom is 0.305 e. The Balaban J connectivity index is 2.10. The number of aliphatic hydroxyl groups excluding tert-OH is 2. The first kappa shape index (κ1) is 14.3. The molecule has 2 aliphatic carbocycles. The summed E-state index contributed by atoms with van der Waals surface area (Å²) in [4.78, 5) is 17.9. The molecule has 114 valence electrons. The molecular formula is C13H14F2N2O4. The molecule has 8 heteroatoms. The van der Waals surface area contributed by atoms with Crippen molar-refractivity contribution in [3.63, 3.8) is 0 Å². The highest BCUT2D eigenvalue weighted by molar-refractivity contribution is 5.77. The molecule has 0 spiro atoms. The van der Waals surface area contributed by atoms with Gasteiger partial charge in [0.2, 0.25) is 0 Å². The number of hydrogen-bond acceptors (Lipinski definition) is 5. The molecule has 2 aliphatic rings. The highest BCUT2D eigenvalue weighted by atomic mass is 19.3. The van der Waals surface area contributed by atoms with Crippen LogP contribution in [0, 0.1) is 5.92 Å². The molecule has 1 aromatic rings. The van der Waals surface area contributed by atoms with Crippen molar-refractivity contribution in [2.24, 2.45) is 5.92 Å². The van der Waals surface area contributed by atoms with E-state index in [9.17, 15) is 23.8 Å². The Morgan fingerprint density at radius 2 is 2.19 bits per heavy atom. The largest absolute Gasteiger partial charge is 0.396 e. The van der Waals surface area contributed by atoms with Gasteiger partial charge in [0.15, 0.2) is 5.60 Å². The van der Waals surface area contributed by atoms with E-state index in [0.717, 1.165) is 6.33 Å². The summed E-state index contributed by atoms with van der Waals surface area (Å²) in [6, 6.07) is 0. The predicted molar refractivity (Wildman–Crippen MR) is 67.6 cm³/mol. The Hall–Kier alpha value is -1.64. The maximum absolute atomic E-state index is 14.3. The first-order chi connectivity index (χ1) is 9.83. The molecule has 0 amide bonds. The maximum atomic E-state index is 14.3. The number of rotatable bonds is 2. The third kappa shape index (κ3) is 1.73. The van der Waals surface area contributed by atoms with E-state index in [4.69, 9.17) is 5.11 Å². The fraction of sp³-hybridized carbons (Fsp3) is 0.538. The van der Waals surface area contributed by atoms with Crippen molar-refractivity contribution in [2.45, 2.75) is 30.5 Å². The van der Waals surface area contributed by atoms with Gasteiger partial charge in [0.05, 0.1) is 12.0 Å². The molecule has 6 nitrogen and oxygen atoms in total. The molecule has 1 unspecified atom stereocenters. The Morgan fingerprint density at radius 1 is 1.48 bits per heavy atom. The third-order valence-corrected chi connectivity index (χ3v) is 4.32. The second-order valence-corrected chi connectivity index (χ2v) is 5.46. The van der Waals surface area contributed by atoms with E-state index < -0.39 is 42.1 Å². The van der Waals surface area contributed by atoms with Crippen LogP contribution < -0.4 is 5.56 Å². The Morgan fingerprint density at radius 3 is 2.81 bits per heavy atom. The minimum Gasteiger partial charge on any atom is -0.396 e. The number of hydrogen-bond donors (Lipinski definition) is 4. The second kappa shape index (κ2) is 4.43. The number of halogens is 2. The van der Waals surface area contributed by atoms with Gasteiger partial charge in [-0.05, 0) is 12.8 Å². The van der Waals surface area contributed by atoms with Gasteiger partial charge in [0.1, 0.15) is 6.10 Å². The zero-order valence-electron chi connectivity index (χ0n) is 10.9. The summed E-state index contributed by atoms with van der Waals surface area (Å²) in [5, 5.41) is 29.2. The van der Waals surface area contributed by atoms with E-state index in [0.29, 0.717) is 0 Å². The summed E-state index contributed by atoms with van der Waals surface area (Å²) in [6.45, 7) is -0.665. The fourth-order valence-corrected chi connectivity index (χ4v) is 3.14. The monoisotopic (exact) mass is 300 g/mol. The highest BCUT2D eigenvalue weighted by Gasteiger charge is 2.68. The summed E-state index contributed by atoms with van der Waals surface area (Å²) in [5.41, 5.74) is -3.03. The Bertz CT molecular complexity index is 672. The molecule has 4 N–H and O–H groups in total. The Labute approximate surface area is 117 Å². The molecule has 1 saturated carbocycles. The van der Waals surface area contributed by atoms with Crippen molar-refractivity contribution in [3.05, 3.63) is 34.0 Å². The number of fused-ring (bicyclic) bond motifs is 1. The number of allylic oxidation sites excluding steroid dienone is 1. The number of aliphatic hydroxyl groups is 3. The smallest absolute Gasteiger partial charge is 0.305 e. The second-order valence-electron chi connectivity index (χ2n) is 5.46. The molecule has 1 aromatic heterocycles. The topological polar surface area (TPSA) is 106 Å². The average Bonchev–Trinajstić information content (AvgIpc) is 2.95. The molecule has 0 aromatic carbocycles. The first-order valence-electron chi connectivity index (χ1n) is 6.49. The zero-order chi connectivity index (χ0) is 15.4. The lowest BCUT2D eigenvalue weighted by atomic mass is 9.87. The van der Waals surface area contributed by atoms with E-state index in [1.165, 1.54) is 6.08 Å². The number of aromatic amines is 1. The lowest BCUT2D eigenvalue weighted by Gasteiger charge is -2.32. The van der Waals surface area contributed by atoms with Crippen molar-refractivity contribution in [1.82, 2.24) is 9.97 Å². The van der Waals surface area contributed by atoms with Crippen molar-refractivity contribution in [1.29, 1.82) is 0 Å². The van der Waals surface area contributed by atoms with Crippen LogP contribution in [0.3, 0.4) is 0 Å². The van der Waals surface area contributed by atoms with E-state index in [1.807, 2.05) is 0 Å². The van der Waals surface area contributed by atoms with Gasteiger partial charge in [0, 0.05) is 23.7 Å². The molecular weight excluding hydrogens is 286 g/mol. The van der Waals surface area contributed by atoms with Crippen LogP contribution in [0.25, 0.3) is 5.57 Å². The lowest BCUT2D eigenvalue weighted by molar-refractivity contribution is -0.176. The van der Waals surface area contributed by atoms with Gasteiger partial charge in [-0.3, -0.25) is 4.79 Å². The molecule has 0 saturated heterocycles. The SMILES string of the molecule is O=c1[nH]cnc2c1CC=C2[C@]1(O)CC(CO)[C@@H](O)C1(F)F. The van der Waals surface area contributed by atoms with Gasteiger partial charge >= 0.3 is 5.92 Å². The standard InChI is InChI=1S/C13H14F2N2O4/c14-13(15)10(19)6(4-18)3-12(13,21)8-2-1-7-9(8)16-5-17-11(7)20/h2,5-6,10,18-19,21H,1,3-4H2,(H,16,17,20)/t6?,10-,12-/m1/s1. The van der Waals surface area contributed by atoms with Gasteiger partial charge in [-0.15, -0.1) is 0 Å². The number of H-pyrrole nitrogens is 1. The molecule has 0 bridgehead atoms. The van der Waals surface area contributed by atoms with Crippen molar-refractivity contribution >= 4 is 5.57 Å². The normalized spacial score (nSPS) is 33.9. The van der Waals surface area contributed by atoms with Crippen LogP contribution in [-0.4, -0.2) is 49.5 Å². The molecule has 21 heavy (non-hydrogen) atoms. The summed E-state index contributed by atoms with van der Waals surface area (Å²) in [7, 11) is 0. The first-order valence-corrected chi connectivity index (χ1v) is 6.49. The van der Waals surface area contributed by atoms with Gasteiger partial charge in [-0.2, -0.15) is 0 Å². The minimum absolute atomic E-state index is 0.0201. The van der Waals surface area contributed by atoms with Crippen LogP contribution >= 0.6 is 0 Å². The summed E-state index contributed by atoms with van der Waals surface area (Å²) >= 11 is 0. The van der Waals surface area contributed by atoms with Crippen LogP contribution in [0.1, 0.15) is 17.7 Å². The van der Waals surface area contributed by atoms with E-state index >= 15 is 0 Å². The van der Waals surface area contributed by atoms with Crippen molar-refractivity contribution in [2.75, 3.05) is 6.61 Å². The van der Waals surface area contributed by atoms with E-state index in [1.54, 1.807) is 0 Å². The van der Waals surface area contributed by atoms with Crippen LogP contribution in [0.2, 0.25) is 0 Å². The number of nitrogens with one attached hydrogen (secondary N) is 1. The third-order valence-electron chi connectivity index (χ3n) is 4.32. The van der Waals surface area contributed by atoms with Gasteiger partial charge in [0.25, 0.3) is 5.56 Å². The molecule has 3 rings (SSSR count). The summed E-state index contributed by atoms with van der Waals surface area (Å²) in [5.74, 6) is -4.98. The van der Waals surface area contributed by atoms with Gasteiger partial charge in [-0.25, -0.2) is 13.8 Å². The molecule has 0 aliphatic heterocycles. The molecule has 1 fully saturated rings. The lowest BCUT2D eigenvalue weighted by Crippen LogP contribution is -2.49. The average molecular weight is 300 g/mol. The molecule has 0 radical (unpaired) electrons. The van der Waals surface area contributed by atoms with Gasteiger partial charge in [-0.1, -0.05) is 6.08 Å². The van der Waals surface area contributed by atoms with Gasteiger partial charge < -0.3 is 20.3 Å². The van der Waals surface area contributed by atoms with Crippen molar-refractivity contribution in [3.8, 4) is 0 Å². The van der Waals surface area contributed by atoms with Crippen molar-refractivity contribution < 1.29 is 24.1 Å². The minimum atomic E-state index is -3.84. The predicted octanol–water partition coefficient (Wildman–Crippen LogP) is -0.551. The van der Waals surface area contributed by atoms with Crippen LogP contribution in [0.5, 0.6) is 0 Å². The molecule has 1 heterocycles. The van der Waals surface area contributed by atoms with E-state index in [-0.39, 0.29) is 23.3 Å². The van der Waals surface area contributed by atoms with Crippen LogP contribution in [-0.2, 0) is 6.42 Å².